The molecule has 1 aliphatic rings. The van der Waals surface area contributed by atoms with E-state index in [1.165, 1.54) is 12.1 Å². The summed E-state index contributed by atoms with van der Waals surface area (Å²) in [5.74, 6) is -2.04. The van der Waals surface area contributed by atoms with Gasteiger partial charge in [-0.25, -0.2) is 13.8 Å². The van der Waals surface area contributed by atoms with E-state index in [9.17, 15) is 22.0 Å². The van der Waals surface area contributed by atoms with E-state index >= 15 is 0 Å². The number of allylic oxidation sites excluding steroid dienone is 1. The van der Waals surface area contributed by atoms with Crippen molar-refractivity contribution in [1.29, 1.82) is 0 Å². The highest BCUT2D eigenvalue weighted by atomic mass is 19.4. The number of fused-ring (bicyclic) bond motifs is 1. The monoisotopic (exact) mass is 420 g/mol. The van der Waals surface area contributed by atoms with E-state index in [0.717, 1.165) is 6.07 Å². The highest BCUT2D eigenvalue weighted by Crippen LogP contribution is 2.44. The number of nitrogens with one attached hydrogen (secondary N) is 1. The van der Waals surface area contributed by atoms with Gasteiger partial charge in [-0.05, 0) is 53.7 Å². The van der Waals surface area contributed by atoms with Gasteiger partial charge in [-0.15, -0.1) is 0 Å². The van der Waals surface area contributed by atoms with Crippen LogP contribution in [0, 0.1) is 5.41 Å². The minimum Gasteiger partial charge on any atom is -0.338 e. The zero-order chi connectivity index (χ0) is 21.6. The van der Waals surface area contributed by atoms with Crippen LogP contribution in [0.4, 0.5) is 22.0 Å². The van der Waals surface area contributed by atoms with Gasteiger partial charge in [0.1, 0.15) is 5.82 Å². The Hall–Kier alpha value is -2.70. The molecule has 0 amide bonds. The summed E-state index contributed by atoms with van der Waals surface area (Å²) in [6.45, 7) is 1.95. The molecule has 1 aliphatic carbocycles. The number of aromatic amines is 1. The third-order valence-electron chi connectivity index (χ3n) is 5.81. The van der Waals surface area contributed by atoms with Crippen LogP contribution >= 0.6 is 0 Å². The highest BCUT2D eigenvalue weighted by molar-refractivity contribution is 5.83. The first-order valence-electron chi connectivity index (χ1n) is 9.78. The summed E-state index contributed by atoms with van der Waals surface area (Å²) in [6.07, 6.45) is -0.236. The van der Waals surface area contributed by atoms with Gasteiger partial charge in [0.2, 0.25) is 5.92 Å². The summed E-state index contributed by atoms with van der Waals surface area (Å²) in [5.41, 5.74) is 0.758. The number of benzene rings is 2. The lowest BCUT2D eigenvalue weighted by atomic mass is 9.74. The molecule has 0 spiro atoms. The van der Waals surface area contributed by atoms with Crippen LogP contribution in [-0.2, 0) is 6.18 Å². The van der Waals surface area contributed by atoms with Gasteiger partial charge < -0.3 is 4.98 Å². The van der Waals surface area contributed by atoms with Gasteiger partial charge in [-0.2, -0.15) is 13.2 Å². The van der Waals surface area contributed by atoms with Crippen molar-refractivity contribution in [2.75, 3.05) is 0 Å². The molecule has 7 heteroatoms. The van der Waals surface area contributed by atoms with Gasteiger partial charge in [0.15, 0.2) is 0 Å². The van der Waals surface area contributed by atoms with Crippen molar-refractivity contribution in [3.63, 3.8) is 0 Å². The van der Waals surface area contributed by atoms with Gasteiger partial charge in [-0.1, -0.05) is 37.3 Å². The smallest absolute Gasteiger partial charge is 0.338 e. The lowest BCUT2D eigenvalue weighted by Gasteiger charge is -2.34. The quantitative estimate of drug-likeness (QED) is 0.437. The standard InChI is InChI=1S/C23H21F5N2/c1-21(10-12-22(24,25)13-11-21)9-8-20-29-18-7-6-15(14-19(18)30-20)16-4-2-3-5-17(16)23(26,27)28/h2-9,14H,10-13H2,1H3,(H,29,30)/b9-8+. The molecule has 1 N–H and O–H groups in total. The molecular formula is C23H21F5N2. The predicted octanol–water partition coefficient (Wildman–Crippen LogP) is 7.48. The molecule has 158 valence electrons. The van der Waals surface area contributed by atoms with E-state index < -0.39 is 17.7 Å². The Kier molecular flexibility index (Phi) is 4.95. The zero-order valence-corrected chi connectivity index (χ0v) is 16.4. The van der Waals surface area contributed by atoms with E-state index in [4.69, 9.17) is 0 Å². The fourth-order valence-electron chi connectivity index (χ4n) is 3.89. The molecule has 3 aromatic rings. The van der Waals surface area contributed by atoms with Crippen molar-refractivity contribution in [2.45, 2.75) is 44.7 Å². The van der Waals surface area contributed by atoms with E-state index in [1.807, 2.05) is 13.0 Å². The molecule has 0 aliphatic heterocycles. The molecular weight excluding hydrogens is 399 g/mol. The predicted molar refractivity (Wildman–Crippen MR) is 107 cm³/mol. The van der Waals surface area contributed by atoms with E-state index in [1.54, 1.807) is 30.3 Å². The highest BCUT2D eigenvalue weighted by Gasteiger charge is 2.39. The SMILES string of the molecule is CC1(/C=C/c2nc3cc(-c4ccccc4C(F)(F)F)ccc3[nH]2)CCC(F)(F)CC1. The van der Waals surface area contributed by atoms with E-state index in [2.05, 4.69) is 9.97 Å². The number of H-pyrrole nitrogens is 1. The molecule has 1 heterocycles. The number of hydrogen-bond acceptors (Lipinski definition) is 1. The summed E-state index contributed by atoms with van der Waals surface area (Å²) < 4.78 is 66.8. The number of alkyl halides is 5. The largest absolute Gasteiger partial charge is 0.417 e. The lowest BCUT2D eigenvalue weighted by Crippen LogP contribution is -2.29. The first-order chi connectivity index (χ1) is 14.0. The maximum Gasteiger partial charge on any atom is 0.417 e. The van der Waals surface area contributed by atoms with Crippen LogP contribution < -0.4 is 0 Å². The summed E-state index contributed by atoms with van der Waals surface area (Å²) in [7, 11) is 0. The van der Waals surface area contributed by atoms with Crippen molar-refractivity contribution in [3.8, 4) is 11.1 Å². The molecule has 0 radical (unpaired) electrons. The first-order valence-corrected chi connectivity index (χ1v) is 9.78. The van der Waals surface area contributed by atoms with Crippen molar-refractivity contribution in [1.82, 2.24) is 9.97 Å². The Morgan fingerprint density at radius 1 is 1.00 bits per heavy atom. The van der Waals surface area contributed by atoms with Crippen LogP contribution in [0.3, 0.4) is 0 Å². The third-order valence-corrected chi connectivity index (χ3v) is 5.81. The van der Waals surface area contributed by atoms with E-state index in [0.29, 0.717) is 35.3 Å². The van der Waals surface area contributed by atoms with Crippen molar-refractivity contribution in [2.24, 2.45) is 5.41 Å². The lowest BCUT2D eigenvalue weighted by molar-refractivity contribution is -0.137. The van der Waals surface area contributed by atoms with Gasteiger partial charge in [0.25, 0.3) is 0 Å². The summed E-state index contributed by atoms with van der Waals surface area (Å²) in [5, 5.41) is 0. The number of rotatable bonds is 3. The normalized spacial score (nSPS) is 18.9. The Morgan fingerprint density at radius 3 is 2.40 bits per heavy atom. The van der Waals surface area contributed by atoms with Crippen molar-refractivity contribution >= 4 is 17.1 Å². The average molecular weight is 420 g/mol. The molecule has 1 aromatic heterocycles. The topological polar surface area (TPSA) is 28.7 Å². The van der Waals surface area contributed by atoms with Crippen molar-refractivity contribution < 1.29 is 22.0 Å². The molecule has 0 bridgehead atoms. The van der Waals surface area contributed by atoms with Crippen LogP contribution in [0.1, 0.15) is 44.0 Å². The van der Waals surface area contributed by atoms with Crippen molar-refractivity contribution in [3.05, 3.63) is 59.9 Å². The Balaban J connectivity index is 1.61. The average Bonchev–Trinajstić information content (AvgIpc) is 3.11. The number of hydrogen-bond donors (Lipinski definition) is 1. The third kappa shape index (κ3) is 4.25. The van der Waals surface area contributed by atoms with E-state index in [-0.39, 0.29) is 23.8 Å². The Labute approximate surface area is 170 Å². The summed E-state index contributed by atoms with van der Waals surface area (Å²) in [6, 6.07) is 10.4. The van der Waals surface area contributed by atoms with Crippen LogP contribution in [-0.4, -0.2) is 15.9 Å². The first kappa shape index (κ1) is 20.6. The molecule has 1 saturated carbocycles. The second kappa shape index (κ2) is 7.22. The molecule has 0 saturated heterocycles. The van der Waals surface area contributed by atoms with Crippen LogP contribution in [0.5, 0.6) is 0 Å². The summed E-state index contributed by atoms with van der Waals surface area (Å²) in [4.78, 5) is 7.59. The maximum atomic E-state index is 13.4. The minimum atomic E-state index is -4.45. The van der Waals surface area contributed by atoms with Gasteiger partial charge in [0, 0.05) is 12.8 Å². The second-order valence-electron chi connectivity index (χ2n) is 8.24. The molecule has 0 atom stereocenters. The minimum absolute atomic E-state index is 0.0997. The fourth-order valence-corrected chi connectivity index (χ4v) is 3.89. The number of imidazole rings is 1. The molecule has 2 nitrogen and oxygen atoms in total. The van der Waals surface area contributed by atoms with Crippen LogP contribution in [0.15, 0.2) is 48.5 Å². The number of aromatic nitrogens is 2. The molecule has 1 fully saturated rings. The fraction of sp³-hybridized carbons (Fsp3) is 0.348. The van der Waals surface area contributed by atoms with Gasteiger partial charge in [-0.3, -0.25) is 0 Å². The van der Waals surface area contributed by atoms with Gasteiger partial charge >= 0.3 is 6.18 Å². The van der Waals surface area contributed by atoms with Crippen LogP contribution in [0.2, 0.25) is 0 Å². The molecule has 30 heavy (non-hydrogen) atoms. The number of nitrogens with zero attached hydrogens (tertiary/aromatic N) is 1. The number of halogens is 5. The Morgan fingerprint density at radius 2 is 1.70 bits per heavy atom. The molecule has 0 unspecified atom stereocenters. The second-order valence-corrected chi connectivity index (χ2v) is 8.24. The molecule has 2 aromatic carbocycles. The molecule has 4 rings (SSSR count). The van der Waals surface area contributed by atoms with Crippen LogP contribution in [0.25, 0.3) is 28.2 Å². The zero-order valence-electron chi connectivity index (χ0n) is 16.4. The van der Waals surface area contributed by atoms with Gasteiger partial charge in [0.05, 0.1) is 16.6 Å². The Bertz CT molecular complexity index is 1080. The maximum absolute atomic E-state index is 13.4. The summed E-state index contributed by atoms with van der Waals surface area (Å²) >= 11 is 0.